The molecule has 2 aliphatic heterocycles. The molecule has 2 saturated heterocycles. The lowest BCUT2D eigenvalue weighted by atomic mass is 9.96. The molecule has 2 N–H and O–H groups in total. The third-order valence-corrected chi connectivity index (χ3v) is 5.35. The Morgan fingerprint density at radius 2 is 2.00 bits per heavy atom. The van der Waals surface area contributed by atoms with E-state index in [1.54, 1.807) is 13.8 Å². The second-order valence-corrected chi connectivity index (χ2v) is 7.49. The summed E-state index contributed by atoms with van der Waals surface area (Å²) in [5, 5.41) is 11.5. The number of aliphatic carboxylic acids is 1. The van der Waals surface area contributed by atoms with Gasteiger partial charge < -0.3 is 20.1 Å². The summed E-state index contributed by atoms with van der Waals surface area (Å²) in [6.45, 7) is 3.52. The molecule has 2 fully saturated rings. The number of thioether (sulfide) groups is 1. The summed E-state index contributed by atoms with van der Waals surface area (Å²) in [4.78, 5) is 47.5. The van der Waals surface area contributed by atoms with E-state index < -0.39 is 40.6 Å². The van der Waals surface area contributed by atoms with Gasteiger partial charge in [-0.05, 0) is 13.8 Å². The Balaban J connectivity index is 1.97. The van der Waals surface area contributed by atoms with Gasteiger partial charge in [0.1, 0.15) is 17.5 Å². The lowest BCUT2D eigenvalue weighted by Gasteiger charge is -2.43. The number of hydrogen-bond acceptors (Lipinski definition) is 6. The molecule has 0 radical (unpaired) electrons. The van der Waals surface area contributed by atoms with Crippen molar-refractivity contribution in [2.24, 2.45) is 0 Å². The van der Waals surface area contributed by atoms with Crippen LogP contribution >= 0.6 is 11.8 Å². The highest BCUT2D eigenvalue weighted by atomic mass is 32.2. The molecule has 0 spiro atoms. The van der Waals surface area contributed by atoms with Crippen molar-refractivity contribution < 1.29 is 29.0 Å². The topological polar surface area (TPSA) is 113 Å². The lowest BCUT2D eigenvalue weighted by molar-refractivity contribution is -0.161. The van der Waals surface area contributed by atoms with Crippen LogP contribution in [0.25, 0.3) is 0 Å². The summed E-state index contributed by atoms with van der Waals surface area (Å²) in [5.74, 6) is -2.38. The molecule has 22 heavy (non-hydrogen) atoms. The molecule has 2 heterocycles. The Labute approximate surface area is 131 Å². The van der Waals surface area contributed by atoms with Crippen molar-refractivity contribution in [2.75, 3.05) is 7.11 Å². The number of ether oxygens (including phenoxy) is 1. The quantitative estimate of drug-likeness (QED) is 0.519. The lowest BCUT2D eigenvalue weighted by Crippen LogP contribution is -2.70. The molecule has 2 amide bonds. The third-order valence-electron chi connectivity index (χ3n) is 3.78. The summed E-state index contributed by atoms with van der Waals surface area (Å²) >= 11 is 1.35. The standard InChI is InChI=1S/C13H18N2O6S/c1-13(2)9(12(19)20)15-10(18)8(11(15)22-13)14-6(16)4-5-7(17)21-3/h8-9,11H,4-5H2,1-3H3,(H,14,16)(H,19,20)/t8-,9+,11-/m1/s1. The normalized spacial score (nSPS) is 28.6. The number of carboxylic acid groups (broad SMARTS) is 1. The maximum Gasteiger partial charge on any atom is 0.327 e. The molecule has 2 aliphatic rings. The zero-order valence-electron chi connectivity index (χ0n) is 12.5. The van der Waals surface area contributed by atoms with Gasteiger partial charge in [-0.3, -0.25) is 14.4 Å². The van der Waals surface area contributed by atoms with E-state index in [0.29, 0.717) is 0 Å². The Hall–Kier alpha value is -1.77. The molecule has 2 rings (SSSR count). The van der Waals surface area contributed by atoms with E-state index >= 15 is 0 Å². The van der Waals surface area contributed by atoms with Crippen LogP contribution in [0, 0.1) is 0 Å². The van der Waals surface area contributed by atoms with Crippen LogP contribution in [0.3, 0.4) is 0 Å². The number of methoxy groups -OCH3 is 1. The van der Waals surface area contributed by atoms with Crippen LogP contribution < -0.4 is 5.32 Å². The number of amides is 2. The molecule has 0 unspecified atom stereocenters. The molecule has 122 valence electrons. The molecule has 0 aromatic carbocycles. The average Bonchev–Trinajstić information content (AvgIpc) is 2.70. The van der Waals surface area contributed by atoms with Crippen molar-refractivity contribution in [3.63, 3.8) is 0 Å². The zero-order valence-corrected chi connectivity index (χ0v) is 13.3. The Morgan fingerprint density at radius 3 is 2.55 bits per heavy atom. The van der Waals surface area contributed by atoms with E-state index in [2.05, 4.69) is 10.1 Å². The number of nitrogens with one attached hydrogen (secondary N) is 1. The van der Waals surface area contributed by atoms with Gasteiger partial charge in [-0.1, -0.05) is 0 Å². The summed E-state index contributed by atoms with van der Waals surface area (Å²) in [6.07, 6.45) is -0.131. The predicted octanol–water partition coefficient (Wildman–Crippen LogP) is -0.429. The highest BCUT2D eigenvalue weighted by Gasteiger charge is 2.64. The van der Waals surface area contributed by atoms with Gasteiger partial charge in [-0.25, -0.2) is 4.79 Å². The summed E-state index contributed by atoms with van der Waals surface area (Å²) < 4.78 is 3.81. The van der Waals surface area contributed by atoms with Gasteiger partial charge >= 0.3 is 11.9 Å². The van der Waals surface area contributed by atoms with E-state index in [1.165, 1.54) is 23.8 Å². The number of nitrogens with zero attached hydrogens (tertiary/aromatic N) is 1. The molecule has 0 aliphatic carbocycles. The molecule has 0 aromatic rings. The molecule has 9 heteroatoms. The zero-order chi connectivity index (χ0) is 16.7. The largest absolute Gasteiger partial charge is 0.480 e. The molecule has 0 saturated carbocycles. The number of carbonyl (C=O) groups excluding carboxylic acids is 3. The average molecular weight is 330 g/mol. The minimum Gasteiger partial charge on any atom is -0.480 e. The molecule has 8 nitrogen and oxygen atoms in total. The van der Waals surface area contributed by atoms with Gasteiger partial charge in [0.15, 0.2) is 0 Å². The first-order valence-electron chi connectivity index (χ1n) is 6.78. The summed E-state index contributed by atoms with van der Waals surface area (Å²) in [5.41, 5.74) is 0. The fourth-order valence-electron chi connectivity index (χ4n) is 2.71. The van der Waals surface area contributed by atoms with Gasteiger partial charge in [-0.15, -0.1) is 11.8 Å². The maximum atomic E-state index is 12.1. The van der Waals surface area contributed by atoms with Gasteiger partial charge in [0.05, 0.1) is 13.5 Å². The van der Waals surface area contributed by atoms with Gasteiger partial charge in [0, 0.05) is 11.2 Å². The van der Waals surface area contributed by atoms with Crippen molar-refractivity contribution in [1.29, 1.82) is 0 Å². The van der Waals surface area contributed by atoms with E-state index in [1.807, 2.05) is 0 Å². The molecule has 3 atom stereocenters. The van der Waals surface area contributed by atoms with Gasteiger partial charge in [0.2, 0.25) is 11.8 Å². The van der Waals surface area contributed by atoms with E-state index in [0.717, 1.165) is 0 Å². The van der Waals surface area contributed by atoms with Crippen LogP contribution in [0.2, 0.25) is 0 Å². The third kappa shape index (κ3) is 2.77. The number of carboxylic acids is 1. The van der Waals surface area contributed by atoms with Crippen molar-refractivity contribution in [1.82, 2.24) is 10.2 Å². The molecule has 0 bridgehead atoms. The van der Waals surface area contributed by atoms with Crippen LogP contribution in [-0.4, -0.2) is 63.1 Å². The first-order chi connectivity index (χ1) is 10.2. The monoisotopic (exact) mass is 330 g/mol. The van der Waals surface area contributed by atoms with Crippen LogP contribution in [0.5, 0.6) is 0 Å². The summed E-state index contributed by atoms with van der Waals surface area (Å²) in [6, 6.07) is -1.64. The first kappa shape index (κ1) is 16.6. The maximum absolute atomic E-state index is 12.1. The van der Waals surface area contributed by atoms with Crippen molar-refractivity contribution in [3.05, 3.63) is 0 Å². The fraction of sp³-hybridized carbons (Fsp3) is 0.692. The second-order valence-electron chi connectivity index (χ2n) is 5.72. The van der Waals surface area contributed by atoms with Gasteiger partial charge in [0.25, 0.3) is 0 Å². The number of hydrogen-bond donors (Lipinski definition) is 2. The van der Waals surface area contributed by atoms with Crippen LogP contribution in [0.4, 0.5) is 0 Å². The van der Waals surface area contributed by atoms with Crippen molar-refractivity contribution in [2.45, 2.75) is 48.9 Å². The molecular formula is C13H18N2O6S. The minimum atomic E-state index is -1.05. The second kappa shape index (κ2) is 5.79. The van der Waals surface area contributed by atoms with Crippen molar-refractivity contribution in [3.8, 4) is 0 Å². The van der Waals surface area contributed by atoms with Crippen LogP contribution in [0.1, 0.15) is 26.7 Å². The summed E-state index contributed by atoms with van der Waals surface area (Å²) in [7, 11) is 1.23. The number of β-lactam (4-membered cyclic amide) rings is 1. The number of esters is 1. The Morgan fingerprint density at radius 1 is 1.36 bits per heavy atom. The number of fused-ring (bicyclic) bond motifs is 1. The SMILES string of the molecule is COC(=O)CCC(=O)N[C@@H]1C(=O)N2[C@@H]1SC(C)(C)[C@@H]2C(=O)O. The van der Waals surface area contributed by atoms with E-state index in [4.69, 9.17) is 0 Å². The molecule has 0 aromatic heterocycles. The van der Waals surface area contributed by atoms with Gasteiger partial charge in [-0.2, -0.15) is 0 Å². The van der Waals surface area contributed by atoms with Crippen LogP contribution in [-0.2, 0) is 23.9 Å². The Kier molecular flexibility index (Phi) is 4.37. The highest BCUT2D eigenvalue weighted by Crippen LogP contribution is 2.50. The predicted molar refractivity (Wildman–Crippen MR) is 76.9 cm³/mol. The van der Waals surface area contributed by atoms with Crippen LogP contribution in [0.15, 0.2) is 0 Å². The number of carbonyl (C=O) groups is 4. The minimum absolute atomic E-state index is 0.0615. The fourth-order valence-corrected chi connectivity index (χ4v) is 4.33. The molecular weight excluding hydrogens is 312 g/mol. The Bertz CT molecular complexity index is 535. The van der Waals surface area contributed by atoms with Crippen molar-refractivity contribution >= 4 is 35.5 Å². The number of rotatable bonds is 5. The van der Waals surface area contributed by atoms with E-state index in [-0.39, 0.29) is 18.2 Å². The smallest absolute Gasteiger partial charge is 0.327 e. The van der Waals surface area contributed by atoms with E-state index in [9.17, 15) is 24.3 Å². The highest BCUT2D eigenvalue weighted by molar-refractivity contribution is 8.01. The first-order valence-corrected chi connectivity index (χ1v) is 7.66.